The van der Waals surface area contributed by atoms with Gasteiger partial charge < -0.3 is 5.73 Å². The molecule has 0 aliphatic rings. The highest BCUT2D eigenvalue weighted by Gasteiger charge is 2.37. The number of hydrogen-bond acceptors (Lipinski definition) is 1. The smallest absolute Gasteiger partial charge is 0.398 e. The van der Waals surface area contributed by atoms with Gasteiger partial charge in [0.2, 0.25) is 0 Å². The largest absolute Gasteiger partial charge is 0.418 e. The Balaban J connectivity index is 3.35. The molecular formula is C15H15ClF3N. The van der Waals surface area contributed by atoms with Gasteiger partial charge in [-0.2, -0.15) is 13.2 Å². The van der Waals surface area contributed by atoms with Crippen LogP contribution in [0.15, 0.2) is 59.3 Å². The minimum atomic E-state index is -4.60. The summed E-state index contributed by atoms with van der Waals surface area (Å²) in [6, 6.07) is 8.09. The van der Waals surface area contributed by atoms with Crippen LogP contribution in [0.25, 0.3) is 5.57 Å². The molecule has 0 aliphatic carbocycles. The Bertz CT molecular complexity index is 542. The van der Waals surface area contributed by atoms with Gasteiger partial charge in [0, 0.05) is 10.7 Å². The molecular weight excluding hydrogens is 287 g/mol. The molecule has 0 atom stereocenters. The number of hydrogen-bond donors (Lipinski definition) is 1. The SMILES string of the molecule is C=C(/C(=C(N)\C=C(\Cl)CC)C(F)(F)F)c1ccccc1. The number of nitrogens with two attached hydrogens (primary N) is 1. The van der Waals surface area contributed by atoms with Gasteiger partial charge in [0.15, 0.2) is 0 Å². The van der Waals surface area contributed by atoms with Crippen LogP contribution in [0.3, 0.4) is 0 Å². The zero-order chi connectivity index (χ0) is 15.3. The normalized spacial score (nSPS) is 13.9. The van der Waals surface area contributed by atoms with E-state index in [0.29, 0.717) is 12.0 Å². The number of halogens is 4. The Hall–Kier alpha value is -1.68. The molecule has 0 bridgehead atoms. The van der Waals surface area contributed by atoms with E-state index in [0.717, 1.165) is 6.08 Å². The lowest BCUT2D eigenvalue weighted by Gasteiger charge is -2.16. The molecule has 0 fully saturated rings. The topological polar surface area (TPSA) is 26.0 Å². The quantitative estimate of drug-likeness (QED) is 0.777. The van der Waals surface area contributed by atoms with Crippen molar-refractivity contribution >= 4 is 17.2 Å². The van der Waals surface area contributed by atoms with Gasteiger partial charge >= 0.3 is 6.18 Å². The van der Waals surface area contributed by atoms with E-state index in [1.165, 1.54) is 0 Å². The lowest BCUT2D eigenvalue weighted by molar-refractivity contribution is -0.0876. The van der Waals surface area contributed by atoms with Crippen molar-refractivity contribution in [1.82, 2.24) is 0 Å². The first-order valence-electron chi connectivity index (χ1n) is 5.95. The maximum Gasteiger partial charge on any atom is 0.418 e. The van der Waals surface area contributed by atoms with Crippen LogP contribution in [0.4, 0.5) is 13.2 Å². The Morgan fingerprint density at radius 3 is 2.30 bits per heavy atom. The first kappa shape index (κ1) is 16.4. The molecule has 1 aromatic rings. The Labute approximate surface area is 121 Å². The van der Waals surface area contributed by atoms with Gasteiger partial charge in [-0.05, 0) is 23.6 Å². The van der Waals surface area contributed by atoms with Gasteiger partial charge in [0.1, 0.15) is 0 Å². The van der Waals surface area contributed by atoms with Crippen molar-refractivity contribution in [3.05, 3.63) is 64.9 Å². The molecule has 0 unspecified atom stereocenters. The molecule has 0 heterocycles. The van der Waals surface area contributed by atoms with Gasteiger partial charge in [-0.15, -0.1) is 0 Å². The van der Waals surface area contributed by atoms with Crippen LogP contribution < -0.4 is 5.73 Å². The lowest BCUT2D eigenvalue weighted by Crippen LogP contribution is -2.18. The van der Waals surface area contributed by atoms with Gasteiger partial charge in [-0.1, -0.05) is 55.4 Å². The minimum absolute atomic E-state index is 0.174. The van der Waals surface area contributed by atoms with Crippen molar-refractivity contribution < 1.29 is 13.2 Å². The van der Waals surface area contributed by atoms with E-state index in [2.05, 4.69) is 6.58 Å². The molecule has 0 aromatic heterocycles. The maximum absolute atomic E-state index is 13.2. The zero-order valence-corrected chi connectivity index (χ0v) is 11.7. The number of alkyl halides is 3. The second kappa shape index (κ2) is 6.66. The monoisotopic (exact) mass is 301 g/mol. The standard InChI is InChI=1S/C15H15ClF3N/c1-3-12(16)9-13(20)14(15(17,18)19)10(2)11-7-5-4-6-8-11/h4-9H,2-3,20H2,1H3/b12-9+,14-13-. The fraction of sp³-hybridized carbons (Fsp3) is 0.200. The second-order valence-corrected chi connectivity index (χ2v) is 4.60. The molecule has 0 amide bonds. The van der Waals surface area contributed by atoms with Crippen LogP contribution in [0.5, 0.6) is 0 Å². The fourth-order valence-corrected chi connectivity index (χ4v) is 1.75. The first-order valence-corrected chi connectivity index (χ1v) is 6.32. The number of allylic oxidation sites excluding steroid dienone is 4. The zero-order valence-electron chi connectivity index (χ0n) is 11.0. The van der Waals surface area contributed by atoms with Crippen molar-refractivity contribution in [2.24, 2.45) is 5.73 Å². The van der Waals surface area contributed by atoms with Crippen LogP contribution in [-0.2, 0) is 0 Å². The molecule has 0 saturated carbocycles. The summed E-state index contributed by atoms with van der Waals surface area (Å²) in [5, 5.41) is 0.255. The van der Waals surface area contributed by atoms with E-state index in [4.69, 9.17) is 17.3 Å². The molecule has 0 saturated heterocycles. The first-order chi connectivity index (χ1) is 9.27. The van der Waals surface area contributed by atoms with E-state index in [1.807, 2.05) is 0 Å². The van der Waals surface area contributed by atoms with Crippen LogP contribution in [0.1, 0.15) is 18.9 Å². The van der Waals surface area contributed by atoms with Crippen molar-refractivity contribution in [1.29, 1.82) is 0 Å². The van der Waals surface area contributed by atoms with Gasteiger partial charge in [0.25, 0.3) is 0 Å². The van der Waals surface area contributed by atoms with Crippen LogP contribution in [-0.4, -0.2) is 6.18 Å². The van der Waals surface area contributed by atoms with E-state index >= 15 is 0 Å². The molecule has 2 N–H and O–H groups in total. The van der Waals surface area contributed by atoms with Crippen molar-refractivity contribution in [3.8, 4) is 0 Å². The third-order valence-electron chi connectivity index (χ3n) is 2.65. The Kier molecular flexibility index (Phi) is 5.45. The summed E-state index contributed by atoms with van der Waals surface area (Å²) in [6.45, 7) is 5.24. The van der Waals surface area contributed by atoms with Gasteiger partial charge in [-0.25, -0.2) is 0 Å². The predicted octanol–water partition coefficient (Wildman–Crippen LogP) is 5.01. The van der Waals surface area contributed by atoms with Crippen molar-refractivity contribution in [2.45, 2.75) is 19.5 Å². The predicted molar refractivity (Wildman–Crippen MR) is 77.0 cm³/mol. The van der Waals surface area contributed by atoms with Crippen LogP contribution in [0, 0.1) is 0 Å². The molecule has 1 nitrogen and oxygen atoms in total. The molecule has 0 radical (unpaired) electrons. The third-order valence-corrected chi connectivity index (χ3v) is 3.02. The maximum atomic E-state index is 13.2. The van der Waals surface area contributed by atoms with Crippen LogP contribution in [0.2, 0.25) is 0 Å². The highest BCUT2D eigenvalue weighted by Crippen LogP contribution is 2.37. The van der Waals surface area contributed by atoms with E-state index in [-0.39, 0.29) is 10.6 Å². The van der Waals surface area contributed by atoms with Crippen molar-refractivity contribution in [3.63, 3.8) is 0 Å². The number of rotatable bonds is 4. The van der Waals surface area contributed by atoms with Crippen molar-refractivity contribution in [2.75, 3.05) is 0 Å². The highest BCUT2D eigenvalue weighted by molar-refractivity contribution is 6.29. The van der Waals surface area contributed by atoms with Gasteiger partial charge in [-0.3, -0.25) is 0 Å². The fourth-order valence-electron chi connectivity index (χ4n) is 1.64. The minimum Gasteiger partial charge on any atom is -0.398 e. The summed E-state index contributed by atoms with van der Waals surface area (Å²) in [6.07, 6.45) is -3.07. The van der Waals surface area contributed by atoms with Crippen LogP contribution >= 0.6 is 11.6 Å². The molecule has 5 heteroatoms. The summed E-state index contributed by atoms with van der Waals surface area (Å²) in [5.74, 6) is 0. The van der Waals surface area contributed by atoms with Gasteiger partial charge in [0.05, 0.1) is 5.57 Å². The second-order valence-electron chi connectivity index (χ2n) is 4.12. The summed E-state index contributed by atoms with van der Waals surface area (Å²) in [5.41, 5.74) is 4.35. The average Bonchev–Trinajstić information content (AvgIpc) is 2.37. The average molecular weight is 302 g/mol. The Morgan fingerprint density at radius 2 is 1.85 bits per heavy atom. The molecule has 20 heavy (non-hydrogen) atoms. The Morgan fingerprint density at radius 1 is 1.30 bits per heavy atom. The van der Waals surface area contributed by atoms with E-state index < -0.39 is 17.4 Å². The highest BCUT2D eigenvalue weighted by atomic mass is 35.5. The van der Waals surface area contributed by atoms with E-state index in [9.17, 15) is 13.2 Å². The number of benzene rings is 1. The summed E-state index contributed by atoms with van der Waals surface area (Å²) in [7, 11) is 0. The molecule has 1 rings (SSSR count). The molecule has 108 valence electrons. The van der Waals surface area contributed by atoms with E-state index in [1.54, 1.807) is 37.3 Å². The third kappa shape index (κ3) is 4.17. The summed E-state index contributed by atoms with van der Waals surface area (Å²) < 4.78 is 39.6. The summed E-state index contributed by atoms with van der Waals surface area (Å²) in [4.78, 5) is 0. The molecule has 0 aliphatic heterocycles. The summed E-state index contributed by atoms with van der Waals surface area (Å²) >= 11 is 5.75. The molecule has 0 spiro atoms. The molecule has 1 aromatic carbocycles. The lowest BCUT2D eigenvalue weighted by atomic mass is 9.97.